The van der Waals surface area contributed by atoms with Crippen LogP contribution < -0.4 is 10.0 Å². The number of aromatic nitrogens is 1. The summed E-state index contributed by atoms with van der Waals surface area (Å²) >= 11 is 2.80. The molecule has 0 radical (unpaired) electrons. The first-order valence-corrected chi connectivity index (χ1v) is 11.8. The number of thioether (sulfide) groups is 1. The van der Waals surface area contributed by atoms with Gasteiger partial charge >= 0.3 is 0 Å². The molecular formula is C18H19N3O3S3. The minimum absolute atomic E-state index is 0.0562. The van der Waals surface area contributed by atoms with Crippen molar-refractivity contribution in [1.82, 2.24) is 10.3 Å². The molecule has 0 spiro atoms. The van der Waals surface area contributed by atoms with Crippen molar-refractivity contribution in [3.8, 4) is 0 Å². The molecular weight excluding hydrogens is 402 g/mol. The highest BCUT2D eigenvalue weighted by atomic mass is 32.2. The van der Waals surface area contributed by atoms with Crippen LogP contribution in [0.4, 0.5) is 5.69 Å². The van der Waals surface area contributed by atoms with Gasteiger partial charge in [0, 0.05) is 0 Å². The van der Waals surface area contributed by atoms with Crippen molar-refractivity contribution in [2.45, 2.75) is 17.3 Å². The van der Waals surface area contributed by atoms with Gasteiger partial charge < -0.3 is 5.32 Å². The summed E-state index contributed by atoms with van der Waals surface area (Å²) in [5.41, 5.74) is 2.33. The molecule has 3 aromatic rings. The third kappa shape index (κ3) is 5.69. The van der Waals surface area contributed by atoms with Crippen LogP contribution in [-0.2, 0) is 14.8 Å². The zero-order chi connectivity index (χ0) is 19.4. The highest BCUT2D eigenvalue weighted by molar-refractivity contribution is 8.01. The number of hydrogen-bond acceptors (Lipinski definition) is 6. The maximum atomic E-state index is 12.2. The molecule has 0 aliphatic carbocycles. The summed E-state index contributed by atoms with van der Waals surface area (Å²) in [4.78, 5) is 16.7. The van der Waals surface area contributed by atoms with Crippen molar-refractivity contribution in [2.75, 3.05) is 16.7 Å². The van der Waals surface area contributed by atoms with Crippen LogP contribution >= 0.6 is 23.1 Å². The summed E-state index contributed by atoms with van der Waals surface area (Å²) < 4.78 is 26.8. The van der Waals surface area contributed by atoms with Crippen LogP contribution in [0, 0.1) is 0 Å². The van der Waals surface area contributed by atoms with Crippen LogP contribution in [0.25, 0.3) is 10.2 Å². The predicted octanol–water partition coefficient (Wildman–Crippen LogP) is 3.64. The lowest BCUT2D eigenvalue weighted by atomic mass is 10.1. The Morgan fingerprint density at radius 3 is 2.67 bits per heavy atom. The highest BCUT2D eigenvalue weighted by Crippen LogP contribution is 2.31. The number of anilines is 1. The van der Waals surface area contributed by atoms with E-state index in [2.05, 4.69) is 15.0 Å². The summed E-state index contributed by atoms with van der Waals surface area (Å²) in [5, 5.41) is 2.98. The molecule has 1 atom stereocenters. The van der Waals surface area contributed by atoms with Gasteiger partial charge in [0.05, 0.1) is 34.0 Å². The molecule has 6 nitrogen and oxygen atoms in total. The van der Waals surface area contributed by atoms with E-state index < -0.39 is 10.0 Å². The number of benzene rings is 2. The van der Waals surface area contributed by atoms with Gasteiger partial charge in [-0.05, 0) is 30.7 Å². The second-order valence-electron chi connectivity index (χ2n) is 6.03. The fourth-order valence-electron chi connectivity index (χ4n) is 2.48. The van der Waals surface area contributed by atoms with Crippen LogP contribution in [0.5, 0.6) is 0 Å². The number of nitrogens with zero attached hydrogens (tertiary/aromatic N) is 1. The molecule has 0 unspecified atom stereocenters. The second-order valence-corrected chi connectivity index (χ2v) is 10.0. The molecule has 0 aliphatic rings. The summed E-state index contributed by atoms with van der Waals surface area (Å²) in [6, 6.07) is 14.9. The molecule has 0 fully saturated rings. The van der Waals surface area contributed by atoms with Crippen LogP contribution in [0.15, 0.2) is 52.9 Å². The molecule has 3 rings (SSSR count). The normalized spacial score (nSPS) is 12.7. The molecule has 1 heterocycles. The van der Waals surface area contributed by atoms with Crippen LogP contribution in [0.2, 0.25) is 0 Å². The molecule has 142 valence electrons. The summed E-state index contributed by atoms with van der Waals surface area (Å²) in [7, 11) is -3.32. The van der Waals surface area contributed by atoms with Gasteiger partial charge in [0.15, 0.2) is 4.34 Å². The SMILES string of the molecule is C[C@@H](NC(=O)CSc1nc2ccc(NS(C)(=O)=O)cc2s1)c1ccccc1. The summed E-state index contributed by atoms with van der Waals surface area (Å²) in [6.07, 6.45) is 1.11. The number of fused-ring (bicyclic) bond motifs is 1. The first-order valence-electron chi connectivity index (χ1n) is 8.16. The first-order chi connectivity index (χ1) is 12.8. The lowest BCUT2D eigenvalue weighted by Crippen LogP contribution is -2.28. The number of rotatable bonds is 7. The van der Waals surface area contributed by atoms with Gasteiger partial charge in [-0.3, -0.25) is 9.52 Å². The van der Waals surface area contributed by atoms with E-state index in [-0.39, 0.29) is 17.7 Å². The molecule has 2 N–H and O–H groups in total. The zero-order valence-corrected chi connectivity index (χ0v) is 17.2. The molecule has 2 aromatic carbocycles. The minimum Gasteiger partial charge on any atom is -0.349 e. The molecule has 1 amide bonds. The van der Waals surface area contributed by atoms with Crippen LogP contribution in [0.1, 0.15) is 18.5 Å². The van der Waals surface area contributed by atoms with Gasteiger partial charge in [-0.1, -0.05) is 42.1 Å². The van der Waals surface area contributed by atoms with Gasteiger partial charge in [-0.15, -0.1) is 11.3 Å². The van der Waals surface area contributed by atoms with E-state index in [1.54, 1.807) is 18.2 Å². The Labute approximate surface area is 166 Å². The van der Waals surface area contributed by atoms with Gasteiger partial charge in [-0.25, -0.2) is 13.4 Å². The lowest BCUT2D eigenvalue weighted by Gasteiger charge is -2.13. The number of amides is 1. The Balaban J connectivity index is 1.60. The van der Waals surface area contributed by atoms with Crippen molar-refractivity contribution < 1.29 is 13.2 Å². The third-order valence-corrected chi connectivity index (χ3v) is 6.44. The number of carbonyl (C=O) groups is 1. The van der Waals surface area contributed by atoms with E-state index in [0.29, 0.717) is 5.69 Å². The van der Waals surface area contributed by atoms with Crippen molar-refractivity contribution in [3.05, 3.63) is 54.1 Å². The van der Waals surface area contributed by atoms with E-state index in [4.69, 9.17) is 0 Å². The topological polar surface area (TPSA) is 88.2 Å². The number of carbonyl (C=O) groups excluding carboxylic acids is 1. The van der Waals surface area contributed by atoms with E-state index >= 15 is 0 Å². The Bertz CT molecular complexity index is 1050. The molecule has 0 bridgehead atoms. The van der Waals surface area contributed by atoms with E-state index in [1.807, 2.05) is 37.3 Å². The molecule has 0 saturated heterocycles. The maximum Gasteiger partial charge on any atom is 0.230 e. The quantitative estimate of drug-likeness (QED) is 0.569. The summed E-state index contributed by atoms with van der Waals surface area (Å²) in [5.74, 6) is 0.209. The number of hydrogen-bond donors (Lipinski definition) is 2. The van der Waals surface area contributed by atoms with Gasteiger partial charge in [0.25, 0.3) is 0 Å². The average molecular weight is 422 g/mol. The third-order valence-electron chi connectivity index (χ3n) is 3.68. The van der Waals surface area contributed by atoms with Gasteiger partial charge in [-0.2, -0.15) is 0 Å². The van der Waals surface area contributed by atoms with Crippen molar-refractivity contribution in [1.29, 1.82) is 0 Å². The first kappa shape index (κ1) is 19.7. The van der Waals surface area contributed by atoms with Crippen molar-refractivity contribution >= 4 is 54.9 Å². The highest BCUT2D eigenvalue weighted by Gasteiger charge is 2.12. The number of nitrogens with one attached hydrogen (secondary N) is 2. The average Bonchev–Trinajstić information content (AvgIpc) is 3.01. The maximum absolute atomic E-state index is 12.2. The Hall–Kier alpha value is -2.10. The predicted molar refractivity (Wildman–Crippen MR) is 112 cm³/mol. The van der Waals surface area contributed by atoms with Gasteiger partial charge in [0.1, 0.15) is 0 Å². The molecule has 0 aliphatic heterocycles. The molecule has 0 saturated carbocycles. The number of thiazole rings is 1. The Morgan fingerprint density at radius 2 is 1.96 bits per heavy atom. The van der Waals surface area contributed by atoms with E-state index in [1.165, 1.54) is 23.1 Å². The smallest absolute Gasteiger partial charge is 0.230 e. The summed E-state index contributed by atoms with van der Waals surface area (Å²) in [6.45, 7) is 1.95. The van der Waals surface area contributed by atoms with Crippen LogP contribution in [-0.4, -0.2) is 31.3 Å². The van der Waals surface area contributed by atoms with Gasteiger partial charge in [0.2, 0.25) is 15.9 Å². The Kier molecular flexibility index (Phi) is 6.03. The monoisotopic (exact) mass is 421 g/mol. The Morgan fingerprint density at radius 1 is 1.22 bits per heavy atom. The fourth-order valence-corrected chi connectivity index (χ4v) is 4.95. The van der Waals surface area contributed by atoms with E-state index in [9.17, 15) is 13.2 Å². The molecule has 1 aromatic heterocycles. The largest absolute Gasteiger partial charge is 0.349 e. The lowest BCUT2D eigenvalue weighted by molar-refractivity contribution is -0.119. The standard InChI is InChI=1S/C18H19N3O3S3/c1-12(13-6-4-3-5-7-13)19-17(22)11-25-18-20-15-9-8-14(10-16(15)26-18)21-27(2,23)24/h3-10,12,21H,11H2,1-2H3,(H,19,22)/t12-/m1/s1. The fraction of sp³-hybridized carbons (Fsp3) is 0.222. The van der Waals surface area contributed by atoms with Crippen molar-refractivity contribution in [3.63, 3.8) is 0 Å². The van der Waals surface area contributed by atoms with E-state index in [0.717, 1.165) is 26.4 Å². The number of sulfonamides is 1. The zero-order valence-electron chi connectivity index (χ0n) is 14.8. The molecule has 27 heavy (non-hydrogen) atoms. The van der Waals surface area contributed by atoms with Crippen molar-refractivity contribution in [2.24, 2.45) is 0 Å². The minimum atomic E-state index is -3.32. The van der Waals surface area contributed by atoms with Crippen LogP contribution in [0.3, 0.4) is 0 Å². The second kappa shape index (κ2) is 8.28. The molecule has 9 heteroatoms.